The van der Waals surface area contributed by atoms with Crippen molar-refractivity contribution in [3.05, 3.63) is 60.2 Å². The number of carbonyl (C=O) groups excluding carboxylic acids is 2. The standard InChI is InChI=1S/C21H24N2O3/c1-3-23(14-15-9-5-4-6-10-15)21(25)17-13-16(17)20(24)22-18-11-7-8-12-19(18)26-2/h4-12,16-17H,3,13-14H2,1-2H3,(H,22,24). The molecular formula is C21H24N2O3. The summed E-state index contributed by atoms with van der Waals surface area (Å²) in [6.45, 7) is 3.17. The second-order valence-corrected chi connectivity index (χ2v) is 6.48. The molecule has 2 unspecified atom stereocenters. The van der Waals surface area contributed by atoms with E-state index in [1.54, 1.807) is 19.2 Å². The van der Waals surface area contributed by atoms with Gasteiger partial charge in [0.15, 0.2) is 0 Å². The number of para-hydroxylation sites is 2. The smallest absolute Gasteiger partial charge is 0.228 e. The van der Waals surface area contributed by atoms with Gasteiger partial charge >= 0.3 is 0 Å². The molecule has 5 nitrogen and oxygen atoms in total. The first-order chi connectivity index (χ1) is 12.6. The number of methoxy groups -OCH3 is 1. The number of amides is 2. The van der Waals surface area contributed by atoms with Gasteiger partial charge in [0.2, 0.25) is 11.8 Å². The third-order valence-corrected chi connectivity index (χ3v) is 4.72. The van der Waals surface area contributed by atoms with Crippen LogP contribution in [0.1, 0.15) is 18.9 Å². The zero-order valence-corrected chi connectivity index (χ0v) is 15.1. The summed E-state index contributed by atoms with van der Waals surface area (Å²) < 4.78 is 5.25. The van der Waals surface area contributed by atoms with Crippen molar-refractivity contribution in [2.75, 3.05) is 19.0 Å². The molecule has 2 atom stereocenters. The van der Waals surface area contributed by atoms with Crippen molar-refractivity contribution in [3.63, 3.8) is 0 Å². The van der Waals surface area contributed by atoms with Crippen LogP contribution in [0.2, 0.25) is 0 Å². The number of nitrogens with one attached hydrogen (secondary N) is 1. The van der Waals surface area contributed by atoms with Crippen LogP contribution < -0.4 is 10.1 Å². The van der Waals surface area contributed by atoms with E-state index in [1.165, 1.54) is 0 Å². The zero-order valence-electron chi connectivity index (χ0n) is 15.1. The van der Waals surface area contributed by atoms with Gasteiger partial charge in [-0.25, -0.2) is 0 Å². The Hall–Kier alpha value is -2.82. The van der Waals surface area contributed by atoms with Crippen LogP contribution in [0.3, 0.4) is 0 Å². The Balaban J connectivity index is 1.59. The molecule has 1 aliphatic carbocycles. The number of hydrogen-bond donors (Lipinski definition) is 1. The minimum Gasteiger partial charge on any atom is -0.495 e. The van der Waals surface area contributed by atoms with E-state index in [1.807, 2.05) is 54.3 Å². The van der Waals surface area contributed by atoms with E-state index in [9.17, 15) is 9.59 Å². The second-order valence-electron chi connectivity index (χ2n) is 6.48. The minimum atomic E-state index is -0.266. The molecule has 1 saturated carbocycles. The van der Waals surface area contributed by atoms with Crippen molar-refractivity contribution < 1.29 is 14.3 Å². The molecule has 3 rings (SSSR count). The summed E-state index contributed by atoms with van der Waals surface area (Å²) in [7, 11) is 1.57. The predicted octanol–water partition coefficient (Wildman–Crippen LogP) is 3.32. The molecular weight excluding hydrogens is 328 g/mol. The molecule has 0 saturated heterocycles. The number of carbonyl (C=O) groups is 2. The zero-order chi connectivity index (χ0) is 18.5. The topological polar surface area (TPSA) is 58.6 Å². The van der Waals surface area contributed by atoms with Gasteiger partial charge in [-0.1, -0.05) is 42.5 Å². The lowest BCUT2D eigenvalue weighted by Gasteiger charge is -2.21. The van der Waals surface area contributed by atoms with Gasteiger partial charge in [-0.3, -0.25) is 9.59 Å². The van der Waals surface area contributed by atoms with Crippen LogP contribution >= 0.6 is 0 Å². The number of benzene rings is 2. The van der Waals surface area contributed by atoms with Crippen LogP contribution in [0.25, 0.3) is 0 Å². The fourth-order valence-electron chi connectivity index (χ4n) is 3.11. The van der Waals surface area contributed by atoms with E-state index in [2.05, 4.69) is 5.32 Å². The third-order valence-electron chi connectivity index (χ3n) is 4.72. The van der Waals surface area contributed by atoms with Gasteiger partial charge in [-0.2, -0.15) is 0 Å². The van der Waals surface area contributed by atoms with Crippen molar-refractivity contribution in [1.82, 2.24) is 4.90 Å². The van der Waals surface area contributed by atoms with Crippen molar-refractivity contribution in [1.29, 1.82) is 0 Å². The molecule has 2 aromatic carbocycles. The Bertz CT molecular complexity index is 776. The number of hydrogen-bond acceptors (Lipinski definition) is 3. The summed E-state index contributed by atoms with van der Waals surface area (Å²) in [5.74, 6) is 0.0504. The Morgan fingerprint density at radius 3 is 2.46 bits per heavy atom. The van der Waals surface area contributed by atoms with Gasteiger partial charge in [0, 0.05) is 13.1 Å². The molecule has 0 spiro atoms. The highest BCUT2D eigenvalue weighted by atomic mass is 16.5. The van der Waals surface area contributed by atoms with E-state index in [0.29, 0.717) is 30.9 Å². The van der Waals surface area contributed by atoms with Gasteiger partial charge in [-0.15, -0.1) is 0 Å². The molecule has 1 fully saturated rings. The second kappa shape index (κ2) is 8.04. The van der Waals surface area contributed by atoms with Crippen LogP contribution in [0.4, 0.5) is 5.69 Å². The van der Waals surface area contributed by atoms with Gasteiger partial charge in [0.05, 0.1) is 24.6 Å². The first kappa shape index (κ1) is 18.0. The van der Waals surface area contributed by atoms with Gasteiger partial charge in [0.1, 0.15) is 5.75 Å². The maximum atomic E-state index is 12.8. The Labute approximate surface area is 154 Å². The summed E-state index contributed by atoms with van der Waals surface area (Å²) in [6, 6.07) is 17.2. The molecule has 0 aromatic heterocycles. The molecule has 5 heteroatoms. The molecule has 1 N–H and O–H groups in total. The summed E-state index contributed by atoms with van der Waals surface area (Å²) >= 11 is 0. The Morgan fingerprint density at radius 1 is 1.08 bits per heavy atom. The molecule has 26 heavy (non-hydrogen) atoms. The van der Waals surface area contributed by atoms with Crippen molar-refractivity contribution in [2.24, 2.45) is 11.8 Å². The van der Waals surface area contributed by atoms with E-state index in [0.717, 1.165) is 5.56 Å². The summed E-state index contributed by atoms with van der Waals surface area (Å²) in [4.78, 5) is 27.1. The highest BCUT2D eigenvalue weighted by molar-refractivity contribution is 6.00. The van der Waals surface area contributed by atoms with E-state index in [-0.39, 0.29) is 23.7 Å². The molecule has 2 aromatic rings. The third kappa shape index (κ3) is 4.04. The average molecular weight is 352 g/mol. The number of rotatable bonds is 7. The summed E-state index contributed by atoms with van der Waals surface area (Å²) in [5.41, 5.74) is 1.73. The fraction of sp³-hybridized carbons (Fsp3) is 0.333. The molecule has 1 aliphatic rings. The van der Waals surface area contributed by atoms with Gasteiger partial charge in [0.25, 0.3) is 0 Å². The first-order valence-electron chi connectivity index (χ1n) is 8.90. The molecule has 2 amide bonds. The van der Waals surface area contributed by atoms with Crippen molar-refractivity contribution >= 4 is 17.5 Å². The number of nitrogens with zero attached hydrogens (tertiary/aromatic N) is 1. The highest BCUT2D eigenvalue weighted by Gasteiger charge is 2.49. The summed E-state index contributed by atoms with van der Waals surface area (Å²) in [5, 5.41) is 2.88. The normalized spacial score (nSPS) is 18.1. The van der Waals surface area contributed by atoms with Gasteiger partial charge < -0.3 is 15.0 Å². The van der Waals surface area contributed by atoms with Crippen LogP contribution in [0, 0.1) is 11.8 Å². The largest absolute Gasteiger partial charge is 0.495 e. The fourth-order valence-corrected chi connectivity index (χ4v) is 3.11. The van der Waals surface area contributed by atoms with E-state index < -0.39 is 0 Å². The Kier molecular flexibility index (Phi) is 5.56. The van der Waals surface area contributed by atoms with Crippen LogP contribution in [0.5, 0.6) is 5.75 Å². The molecule has 0 aliphatic heterocycles. The van der Waals surface area contributed by atoms with E-state index >= 15 is 0 Å². The Morgan fingerprint density at radius 2 is 1.77 bits per heavy atom. The minimum absolute atomic E-state index is 0.0523. The molecule has 0 bridgehead atoms. The van der Waals surface area contributed by atoms with Crippen LogP contribution in [-0.2, 0) is 16.1 Å². The quantitative estimate of drug-likeness (QED) is 0.832. The van der Waals surface area contributed by atoms with Gasteiger partial charge in [-0.05, 0) is 31.0 Å². The lowest BCUT2D eigenvalue weighted by molar-refractivity contribution is -0.134. The monoisotopic (exact) mass is 352 g/mol. The molecule has 136 valence electrons. The first-order valence-corrected chi connectivity index (χ1v) is 8.90. The van der Waals surface area contributed by atoms with Crippen LogP contribution in [0.15, 0.2) is 54.6 Å². The molecule has 0 radical (unpaired) electrons. The van der Waals surface area contributed by atoms with Crippen LogP contribution in [-0.4, -0.2) is 30.4 Å². The SMILES string of the molecule is CCN(Cc1ccccc1)C(=O)C1CC1C(=O)Nc1ccccc1OC. The summed E-state index contributed by atoms with van der Waals surface area (Å²) in [6.07, 6.45) is 0.602. The lowest BCUT2D eigenvalue weighted by Crippen LogP contribution is -2.33. The highest BCUT2D eigenvalue weighted by Crippen LogP contribution is 2.41. The predicted molar refractivity (Wildman–Crippen MR) is 101 cm³/mol. The maximum absolute atomic E-state index is 12.8. The van der Waals surface area contributed by atoms with Crippen molar-refractivity contribution in [3.8, 4) is 5.75 Å². The number of ether oxygens (including phenoxy) is 1. The lowest BCUT2D eigenvalue weighted by atomic mass is 10.2. The maximum Gasteiger partial charge on any atom is 0.228 e. The van der Waals surface area contributed by atoms with Crippen molar-refractivity contribution in [2.45, 2.75) is 19.9 Å². The average Bonchev–Trinajstić information content (AvgIpc) is 3.48. The van der Waals surface area contributed by atoms with E-state index in [4.69, 9.17) is 4.74 Å². The number of anilines is 1. The molecule has 0 heterocycles.